The summed E-state index contributed by atoms with van der Waals surface area (Å²) in [6.07, 6.45) is 2.06. The maximum atomic E-state index is 6.34. The van der Waals surface area contributed by atoms with Gasteiger partial charge in [0.15, 0.2) is 0 Å². The highest BCUT2D eigenvalue weighted by Gasteiger charge is 2.19. The maximum absolute atomic E-state index is 6.34. The van der Waals surface area contributed by atoms with Gasteiger partial charge >= 0.3 is 0 Å². The first-order valence-corrected chi connectivity index (χ1v) is 10.9. The third-order valence-corrected chi connectivity index (χ3v) is 6.38. The van der Waals surface area contributed by atoms with Gasteiger partial charge in [-0.1, -0.05) is 78.3 Å². The van der Waals surface area contributed by atoms with E-state index in [-0.39, 0.29) is 0 Å². The SMILES string of the molecule is Clc1ccccc1C[NH+]1CCN(N=Cc2c3ccccc3cc3ccccc23)CC1. The van der Waals surface area contributed by atoms with Crippen LogP contribution in [-0.4, -0.2) is 37.4 Å². The molecule has 0 bridgehead atoms. The van der Waals surface area contributed by atoms with E-state index in [2.05, 4.69) is 78.0 Å². The lowest BCUT2D eigenvalue weighted by Crippen LogP contribution is -3.13. The second kappa shape index (κ2) is 8.47. The van der Waals surface area contributed by atoms with E-state index in [0.717, 1.165) is 37.7 Å². The van der Waals surface area contributed by atoms with Gasteiger partial charge in [-0.3, -0.25) is 5.01 Å². The number of hydrogen-bond acceptors (Lipinski definition) is 2. The Bertz CT molecular complexity index is 1160. The van der Waals surface area contributed by atoms with Crippen LogP contribution in [0.4, 0.5) is 0 Å². The Kier molecular flexibility index (Phi) is 5.39. The van der Waals surface area contributed by atoms with Gasteiger partial charge < -0.3 is 4.90 Å². The van der Waals surface area contributed by atoms with Gasteiger partial charge in [-0.25, -0.2) is 0 Å². The molecule has 4 aromatic rings. The molecule has 1 aliphatic heterocycles. The summed E-state index contributed by atoms with van der Waals surface area (Å²) in [4.78, 5) is 1.56. The van der Waals surface area contributed by atoms with Gasteiger partial charge in [0.2, 0.25) is 0 Å². The Hall–Kier alpha value is -2.88. The molecular weight excluding hydrogens is 390 g/mol. The summed E-state index contributed by atoms with van der Waals surface area (Å²) < 4.78 is 0. The number of fused-ring (bicyclic) bond motifs is 2. The van der Waals surface area contributed by atoms with Crippen LogP contribution >= 0.6 is 11.6 Å². The van der Waals surface area contributed by atoms with Crippen LogP contribution in [0.15, 0.2) is 84.0 Å². The highest BCUT2D eigenvalue weighted by atomic mass is 35.5. The number of rotatable bonds is 4. The van der Waals surface area contributed by atoms with Crippen molar-refractivity contribution < 1.29 is 4.90 Å². The van der Waals surface area contributed by atoms with Crippen LogP contribution in [0.25, 0.3) is 21.5 Å². The Labute approximate surface area is 182 Å². The van der Waals surface area contributed by atoms with Gasteiger partial charge in [-0.05, 0) is 33.7 Å². The molecule has 4 aromatic carbocycles. The zero-order chi connectivity index (χ0) is 20.3. The van der Waals surface area contributed by atoms with Crippen LogP contribution in [0.5, 0.6) is 0 Å². The van der Waals surface area contributed by atoms with Gasteiger partial charge in [0.25, 0.3) is 0 Å². The van der Waals surface area contributed by atoms with Gasteiger partial charge in [0, 0.05) is 16.1 Å². The first kappa shape index (κ1) is 19.1. The molecule has 1 saturated heterocycles. The molecule has 30 heavy (non-hydrogen) atoms. The monoisotopic (exact) mass is 414 g/mol. The summed E-state index contributed by atoms with van der Waals surface area (Å²) in [5, 5.41) is 13.0. The second-order valence-electron chi connectivity index (χ2n) is 7.95. The Morgan fingerprint density at radius 2 is 1.43 bits per heavy atom. The standard InChI is InChI=1S/C26H24ClN3/c27-26-12-6-3-9-22(26)19-29-13-15-30(16-14-29)28-18-25-23-10-4-1-7-20(23)17-21-8-2-5-11-24(21)25/h1-12,17-18H,13-16,19H2/p+1. The summed E-state index contributed by atoms with van der Waals surface area (Å²) >= 11 is 6.34. The van der Waals surface area contributed by atoms with E-state index < -0.39 is 0 Å². The molecule has 5 rings (SSSR count). The van der Waals surface area contributed by atoms with Crippen molar-refractivity contribution in [2.75, 3.05) is 26.2 Å². The van der Waals surface area contributed by atoms with Crippen molar-refractivity contribution in [2.24, 2.45) is 5.10 Å². The van der Waals surface area contributed by atoms with Gasteiger partial charge in [-0.2, -0.15) is 5.10 Å². The fourth-order valence-corrected chi connectivity index (χ4v) is 4.54. The molecule has 1 heterocycles. The minimum absolute atomic E-state index is 0.869. The molecule has 0 saturated carbocycles. The van der Waals surface area contributed by atoms with Crippen LogP contribution in [0.1, 0.15) is 11.1 Å². The number of hydrazone groups is 1. The highest BCUT2D eigenvalue weighted by Crippen LogP contribution is 2.27. The van der Waals surface area contributed by atoms with Gasteiger partial charge in [-0.15, -0.1) is 0 Å². The van der Waals surface area contributed by atoms with E-state index >= 15 is 0 Å². The topological polar surface area (TPSA) is 20.0 Å². The van der Waals surface area contributed by atoms with E-state index in [1.54, 1.807) is 4.90 Å². The zero-order valence-corrected chi connectivity index (χ0v) is 17.6. The largest absolute Gasteiger partial charge is 0.328 e. The molecule has 0 aromatic heterocycles. The predicted octanol–water partition coefficient (Wildman–Crippen LogP) is 4.38. The molecule has 0 amide bonds. The molecule has 0 aliphatic carbocycles. The molecule has 150 valence electrons. The van der Waals surface area contributed by atoms with Gasteiger partial charge in [0.1, 0.15) is 6.54 Å². The summed E-state index contributed by atoms with van der Waals surface area (Å²) in [7, 11) is 0. The van der Waals surface area contributed by atoms with Crippen molar-refractivity contribution in [3.05, 3.63) is 95.0 Å². The number of benzene rings is 4. The number of nitrogens with zero attached hydrogens (tertiary/aromatic N) is 2. The Morgan fingerprint density at radius 1 is 0.833 bits per heavy atom. The Balaban J connectivity index is 1.34. The van der Waals surface area contributed by atoms with E-state index in [4.69, 9.17) is 16.7 Å². The molecule has 1 aliphatic rings. The number of piperazine rings is 1. The normalized spacial score (nSPS) is 15.4. The number of hydrogen-bond donors (Lipinski definition) is 1. The van der Waals surface area contributed by atoms with Crippen molar-refractivity contribution in [1.29, 1.82) is 0 Å². The van der Waals surface area contributed by atoms with Crippen LogP contribution < -0.4 is 4.90 Å². The highest BCUT2D eigenvalue weighted by molar-refractivity contribution is 6.31. The van der Waals surface area contributed by atoms with Crippen LogP contribution in [0, 0.1) is 0 Å². The average Bonchev–Trinajstić information content (AvgIpc) is 2.79. The fourth-order valence-electron chi connectivity index (χ4n) is 4.34. The van der Waals surface area contributed by atoms with Crippen LogP contribution in [0.2, 0.25) is 5.02 Å². The van der Waals surface area contributed by atoms with Crippen LogP contribution in [-0.2, 0) is 6.54 Å². The fraction of sp³-hybridized carbons (Fsp3) is 0.192. The van der Waals surface area contributed by atoms with E-state index in [9.17, 15) is 0 Å². The van der Waals surface area contributed by atoms with Crippen molar-refractivity contribution in [1.82, 2.24) is 5.01 Å². The van der Waals surface area contributed by atoms with Gasteiger partial charge in [0.05, 0.1) is 32.4 Å². The molecule has 0 spiro atoms. The lowest BCUT2D eigenvalue weighted by Gasteiger charge is -2.30. The minimum Gasteiger partial charge on any atom is -0.328 e. The van der Waals surface area contributed by atoms with E-state index in [1.165, 1.54) is 32.7 Å². The summed E-state index contributed by atoms with van der Waals surface area (Å²) in [6.45, 7) is 5.03. The summed E-state index contributed by atoms with van der Waals surface area (Å²) in [6, 6.07) is 27.6. The molecule has 0 radical (unpaired) electrons. The number of quaternary nitrogens is 1. The lowest BCUT2D eigenvalue weighted by molar-refractivity contribution is -0.918. The first-order valence-electron chi connectivity index (χ1n) is 10.5. The van der Waals surface area contributed by atoms with Crippen LogP contribution in [0.3, 0.4) is 0 Å². The lowest BCUT2D eigenvalue weighted by atomic mass is 9.97. The first-order chi connectivity index (χ1) is 14.8. The quantitative estimate of drug-likeness (QED) is 0.388. The molecular formula is C26H25ClN3+. The summed E-state index contributed by atoms with van der Waals surface area (Å²) in [5.41, 5.74) is 2.43. The predicted molar refractivity (Wildman–Crippen MR) is 126 cm³/mol. The minimum atomic E-state index is 0.869. The summed E-state index contributed by atoms with van der Waals surface area (Å²) in [5.74, 6) is 0. The number of nitrogens with one attached hydrogen (secondary N) is 1. The molecule has 1 fully saturated rings. The van der Waals surface area contributed by atoms with Crippen molar-refractivity contribution in [2.45, 2.75) is 6.54 Å². The molecule has 0 atom stereocenters. The molecule has 0 unspecified atom stereocenters. The van der Waals surface area contributed by atoms with E-state index in [0.29, 0.717) is 0 Å². The smallest absolute Gasteiger partial charge is 0.104 e. The van der Waals surface area contributed by atoms with Crippen molar-refractivity contribution in [3.63, 3.8) is 0 Å². The Morgan fingerprint density at radius 3 is 2.10 bits per heavy atom. The third kappa shape index (κ3) is 3.91. The van der Waals surface area contributed by atoms with Crippen molar-refractivity contribution >= 4 is 39.4 Å². The maximum Gasteiger partial charge on any atom is 0.104 e. The van der Waals surface area contributed by atoms with E-state index in [1.807, 2.05) is 12.1 Å². The van der Waals surface area contributed by atoms with Crippen molar-refractivity contribution in [3.8, 4) is 0 Å². The number of halogens is 1. The zero-order valence-electron chi connectivity index (χ0n) is 16.9. The second-order valence-corrected chi connectivity index (χ2v) is 8.36. The molecule has 4 heteroatoms. The third-order valence-electron chi connectivity index (χ3n) is 6.01. The molecule has 1 N–H and O–H groups in total. The molecule has 3 nitrogen and oxygen atoms in total. The average molecular weight is 415 g/mol.